The third kappa shape index (κ3) is 3.65. The lowest BCUT2D eigenvalue weighted by Gasteiger charge is -2.23. The normalized spacial score (nSPS) is 12.0. The molecular formula is C18H19NO4S. The van der Waals surface area contributed by atoms with Gasteiger partial charge in [0, 0.05) is 5.57 Å². The molecule has 0 aliphatic carbocycles. The molecule has 6 heteroatoms. The summed E-state index contributed by atoms with van der Waals surface area (Å²) in [7, 11) is -4.07. The van der Waals surface area contributed by atoms with Gasteiger partial charge in [-0.1, -0.05) is 31.2 Å². The van der Waals surface area contributed by atoms with Crippen LogP contribution in [0.1, 0.15) is 20.3 Å². The van der Waals surface area contributed by atoms with Gasteiger partial charge < -0.3 is 5.11 Å². The standard InChI is InChI=1S/C18H19NO4S/c1-3-7-14(2)18(21)19(15-10-12-16(20)13-11-15)24(22,23)17-8-5-4-6-9-17/h4-13,20H,3H2,1-2H3/b14-7+. The average Bonchev–Trinajstić information content (AvgIpc) is 2.57. The average molecular weight is 345 g/mol. The number of anilines is 1. The van der Waals surface area contributed by atoms with Crippen LogP contribution in [0.4, 0.5) is 5.69 Å². The maximum Gasteiger partial charge on any atom is 0.271 e. The van der Waals surface area contributed by atoms with E-state index in [1.807, 2.05) is 6.92 Å². The van der Waals surface area contributed by atoms with E-state index in [0.717, 1.165) is 4.31 Å². The molecule has 0 aliphatic rings. The van der Waals surface area contributed by atoms with Gasteiger partial charge in [-0.15, -0.1) is 0 Å². The first kappa shape index (κ1) is 17.7. The van der Waals surface area contributed by atoms with Crippen LogP contribution in [0.5, 0.6) is 5.75 Å². The number of carbonyl (C=O) groups excluding carboxylic acids is 1. The monoisotopic (exact) mass is 345 g/mol. The zero-order chi connectivity index (χ0) is 17.7. The smallest absolute Gasteiger partial charge is 0.271 e. The van der Waals surface area contributed by atoms with Crippen molar-refractivity contribution in [2.75, 3.05) is 4.31 Å². The SMILES string of the molecule is CC/C=C(\C)C(=O)N(c1ccc(O)cc1)S(=O)(=O)c1ccccc1. The molecule has 2 aromatic carbocycles. The van der Waals surface area contributed by atoms with Crippen molar-refractivity contribution in [1.82, 2.24) is 0 Å². The molecule has 0 aliphatic heterocycles. The Balaban J connectivity index is 2.61. The molecule has 24 heavy (non-hydrogen) atoms. The van der Waals surface area contributed by atoms with Crippen LogP contribution in [-0.2, 0) is 14.8 Å². The molecule has 5 nitrogen and oxygen atoms in total. The van der Waals surface area contributed by atoms with Crippen LogP contribution in [0.15, 0.2) is 71.1 Å². The maximum absolute atomic E-state index is 13.0. The quantitative estimate of drug-likeness (QED) is 0.842. The maximum atomic E-state index is 13.0. The molecular weight excluding hydrogens is 326 g/mol. The lowest BCUT2D eigenvalue weighted by atomic mass is 10.2. The number of amides is 1. The third-order valence-electron chi connectivity index (χ3n) is 3.40. The zero-order valence-electron chi connectivity index (χ0n) is 13.5. The van der Waals surface area contributed by atoms with Crippen molar-refractivity contribution >= 4 is 21.6 Å². The highest BCUT2D eigenvalue weighted by Crippen LogP contribution is 2.27. The zero-order valence-corrected chi connectivity index (χ0v) is 14.3. The summed E-state index contributed by atoms with van der Waals surface area (Å²) in [4.78, 5) is 12.8. The summed E-state index contributed by atoms with van der Waals surface area (Å²) in [6.45, 7) is 3.45. The predicted octanol–water partition coefficient (Wildman–Crippen LogP) is 3.47. The fraction of sp³-hybridized carbons (Fsp3) is 0.167. The van der Waals surface area contributed by atoms with Crippen LogP contribution in [0.2, 0.25) is 0 Å². The Morgan fingerprint density at radius 1 is 1.08 bits per heavy atom. The second kappa shape index (κ2) is 7.31. The number of rotatable bonds is 5. The highest BCUT2D eigenvalue weighted by Gasteiger charge is 2.31. The number of benzene rings is 2. The van der Waals surface area contributed by atoms with E-state index in [1.54, 1.807) is 31.2 Å². The summed E-state index contributed by atoms with van der Waals surface area (Å²) in [6.07, 6.45) is 2.29. The molecule has 1 N–H and O–H groups in total. The van der Waals surface area contributed by atoms with E-state index in [2.05, 4.69) is 0 Å². The number of hydrogen-bond donors (Lipinski definition) is 1. The van der Waals surface area contributed by atoms with E-state index in [1.165, 1.54) is 36.4 Å². The number of phenolic OH excluding ortho intramolecular Hbond substituents is 1. The van der Waals surface area contributed by atoms with Gasteiger partial charge in [-0.3, -0.25) is 4.79 Å². The van der Waals surface area contributed by atoms with Crippen molar-refractivity contribution in [3.05, 3.63) is 66.2 Å². The number of hydrogen-bond acceptors (Lipinski definition) is 4. The highest BCUT2D eigenvalue weighted by molar-refractivity contribution is 7.93. The number of aromatic hydroxyl groups is 1. The Morgan fingerprint density at radius 3 is 2.21 bits per heavy atom. The Bertz CT molecular complexity index is 840. The largest absolute Gasteiger partial charge is 0.508 e. The lowest BCUT2D eigenvalue weighted by Crippen LogP contribution is -2.37. The van der Waals surface area contributed by atoms with E-state index in [-0.39, 0.29) is 16.3 Å². The predicted molar refractivity (Wildman–Crippen MR) is 93.3 cm³/mol. The van der Waals surface area contributed by atoms with Gasteiger partial charge >= 0.3 is 0 Å². The fourth-order valence-corrected chi connectivity index (χ4v) is 3.68. The third-order valence-corrected chi connectivity index (χ3v) is 5.12. The van der Waals surface area contributed by atoms with Crippen LogP contribution in [0.25, 0.3) is 0 Å². The lowest BCUT2D eigenvalue weighted by molar-refractivity contribution is -0.114. The minimum absolute atomic E-state index is 0.0101. The van der Waals surface area contributed by atoms with E-state index < -0.39 is 15.9 Å². The number of phenols is 1. The van der Waals surface area contributed by atoms with Crippen LogP contribution < -0.4 is 4.31 Å². The van der Waals surface area contributed by atoms with Crippen molar-refractivity contribution < 1.29 is 18.3 Å². The molecule has 0 atom stereocenters. The molecule has 0 bridgehead atoms. The molecule has 0 heterocycles. The topological polar surface area (TPSA) is 74.7 Å². The molecule has 0 saturated carbocycles. The first-order chi connectivity index (χ1) is 11.4. The van der Waals surface area contributed by atoms with E-state index in [0.29, 0.717) is 12.0 Å². The summed E-state index contributed by atoms with van der Waals surface area (Å²) in [5.41, 5.74) is 0.510. The Morgan fingerprint density at radius 2 is 1.67 bits per heavy atom. The number of carbonyl (C=O) groups is 1. The molecule has 2 rings (SSSR count). The molecule has 1 amide bonds. The van der Waals surface area contributed by atoms with Crippen molar-refractivity contribution in [2.24, 2.45) is 0 Å². The second-order valence-corrected chi connectivity index (χ2v) is 6.99. The van der Waals surface area contributed by atoms with Gasteiger partial charge in [0.2, 0.25) is 0 Å². The first-order valence-corrected chi connectivity index (χ1v) is 8.92. The molecule has 0 saturated heterocycles. The van der Waals surface area contributed by atoms with Crippen molar-refractivity contribution in [1.29, 1.82) is 0 Å². The van der Waals surface area contributed by atoms with Crippen molar-refractivity contribution in [2.45, 2.75) is 25.2 Å². The molecule has 0 fully saturated rings. The van der Waals surface area contributed by atoms with E-state index >= 15 is 0 Å². The first-order valence-electron chi connectivity index (χ1n) is 7.48. The van der Waals surface area contributed by atoms with Gasteiger partial charge in [0.1, 0.15) is 5.75 Å². The van der Waals surface area contributed by atoms with E-state index in [9.17, 15) is 18.3 Å². The second-order valence-electron chi connectivity index (χ2n) is 5.20. The summed E-state index contributed by atoms with van der Waals surface area (Å²) in [6, 6.07) is 13.3. The van der Waals surface area contributed by atoms with Crippen molar-refractivity contribution in [3.8, 4) is 5.75 Å². The van der Waals surface area contributed by atoms with Gasteiger partial charge in [-0.25, -0.2) is 8.42 Å². The van der Waals surface area contributed by atoms with Crippen LogP contribution in [-0.4, -0.2) is 19.4 Å². The number of sulfonamides is 1. The van der Waals surface area contributed by atoms with Gasteiger partial charge in [-0.2, -0.15) is 4.31 Å². The van der Waals surface area contributed by atoms with Gasteiger partial charge in [0.05, 0.1) is 10.6 Å². The van der Waals surface area contributed by atoms with Gasteiger partial charge in [0.15, 0.2) is 0 Å². The Labute approximate surface area is 141 Å². The Kier molecular flexibility index (Phi) is 5.41. The minimum atomic E-state index is -4.07. The molecule has 126 valence electrons. The van der Waals surface area contributed by atoms with Gasteiger partial charge in [0.25, 0.3) is 15.9 Å². The van der Waals surface area contributed by atoms with E-state index in [4.69, 9.17) is 0 Å². The molecule has 2 aromatic rings. The van der Waals surface area contributed by atoms with Crippen molar-refractivity contribution in [3.63, 3.8) is 0 Å². The summed E-state index contributed by atoms with van der Waals surface area (Å²) in [5, 5.41) is 9.43. The summed E-state index contributed by atoms with van der Waals surface area (Å²) >= 11 is 0. The Hall–Kier alpha value is -2.60. The fourth-order valence-electron chi connectivity index (χ4n) is 2.20. The summed E-state index contributed by atoms with van der Waals surface area (Å²) in [5.74, 6) is -0.629. The highest BCUT2D eigenvalue weighted by atomic mass is 32.2. The van der Waals surface area contributed by atoms with Crippen LogP contribution >= 0.6 is 0 Å². The van der Waals surface area contributed by atoms with Crippen LogP contribution in [0, 0.1) is 0 Å². The number of nitrogens with zero attached hydrogens (tertiary/aromatic N) is 1. The molecule has 0 aromatic heterocycles. The van der Waals surface area contributed by atoms with Crippen LogP contribution in [0.3, 0.4) is 0 Å². The summed E-state index contributed by atoms with van der Waals surface area (Å²) < 4.78 is 26.7. The molecule has 0 radical (unpaired) electrons. The number of allylic oxidation sites excluding steroid dienone is 1. The van der Waals surface area contributed by atoms with Gasteiger partial charge in [-0.05, 0) is 49.7 Å². The minimum Gasteiger partial charge on any atom is -0.508 e. The molecule has 0 spiro atoms. The molecule has 0 unspecified atom stereocenters.